The summed E-state index contributed by atoms with van der Waals surface area (Å²) in [6.07, 6.45) is 5.22. The predicted octanol–water partition coefficient (Wildman–Crippen LogP) is 3.84. The first-order valence-electron chi connectivity index (χ1n) is 6.83. The fraction of sp³-hybridized carbons (Fsp3) is 0.500. The number of benzene rings is 1. The molecule has 0 aliphatic carbocycles. The molecule has 2 aromatic rings. The summed E-state index contributed by atoms with van der Waals surface area (Å²) in [4.78, 5) is 7.89. The Morgan fingerprint density at radius 2 is 2.32 bits per heavy atom. The molecule has 1 fully saturated rings. The summed E-state index contributed by atoms with van der Waals surface area (Å²) in [7, 11) is 0. The van der Waals surface area contributed by atoms with Crippen molar-refractivity contribution in [1.29, 1.82) is 0 Å². The van der Waals surface area contributed by atoms with Crippen molar-refractivity contribution in [2.45, 2.75) is 36.9 Å². The van der Waals surface area contributed by atoms with E-state index >= 15 is 0 Å². The molecule has 2 heterocycles. The molecule has 1 aromatic carbocycles. The average molecular weight is 296 g/mol. The van der Waals surface area contributed by atoms with Crippen molar-refractivity contribution in [3.8, 4) is 0 Å². The van der Waals surface area contributed by atoms with E-state index in [1.165, 1.54) is 32.2 Å². The summed E-state index contributed by atoms with van der Waals surface area (Å²) in [6.45, 7) is 1.18. The normalized spacial score (nSPS) is 19.9. The van der Waals surface area contributed by atoms with Crippen LogP contribution in [0.1, 0.15) is 25.7 Å². The SMILES string of the molecule is Clc1ccc2nc(SCCC3CCCCN3)[nH]c2c1. The van der Waals surface area contributed by atoms with Gasteiger partial charge in [0.2, 0.25) is 0 Å². The molecule has 0 spiro atoms. The third-order valence-corrected chi connectivity index (χ3v) is 4.68. The van der Waals surface area contributed by atoms with Gasteiger partial charge in [-0.05, 0) is 44.0 Å². The average Bonchev–Trinajstić information content (AvgIpc) is 2.82. The number of piperidine rings is 1. The van der Waals surface area contributed by atoms with Crippen LogP contribution in [-0.4, -0.2) is 28.3 Å². The van der Waals surface area contributed by atoms with Gasteiger partial charge < -0.3 is 10.3 Å². The van der Waals surface area contributed by atoms with Gasteiger partial charge in [-0.1, -0.05) is 29.8 Å². The van der Waals surface area contributed by atoms with E-state index in [0.717, 1.165) is 27.0 Å². The molecule has 1 aliphatic rings. The summed E-state index contributed by atoms with van der Waals surface area (Å²) < 4.78 is 0. The zero-order valence-electron chi connectivity index (χ0n) is 10.8. The van der Waals surface area contributed by atoms with E-state index in [1.807, 2.05) is 18.2 Å². The molecule has 19 heavy (non-hydrogen) atoms. The van der Waals surface area contributed by atoms with Crippen molar-refractivity contribution >= 4 is 34.4 Å². The molecule has 1 atom stereocenters. The summed E-state index contributed by atoms with van der Waals surface area (Å²) in [5, 5.41) is 5.32. The molecule has 0 bridgehead atoms. The number of imidazole rings is 1. The molecule has 2 N–H and O–H groups in total. The van der Waals surface area contributed by atoms with Crippen LogP contribution in [0.3, 0.4) is 0 Å². The lowest BCUT2D eigenvalue weighted by atomic mass is 10.0. The maximum absolute atomic E-state index is 5.97. The summed E-state index contributed by atoms with van der Waals surface area (Å²) >= 11 is 7.77. The fourth-order valence-electron chi connectivity index (χ4n) is 2.50. The van der Waals surface area contributed by atoms with Crippen LogP contribution in [0.2, 0.25) is 5.02 Å². The molecular weight excluding hydrogens is 278 g/mol. The van der Waals surface area contributed by atoms with Crippen molar-refractivity contribution in [1.82, 2.24) is 15.3 Å². The monoisotopic (exact) mass is 295 g/mol. The second-order valence-corrected chi connectivity index (χ2v) is 6.51. The molecule has 3 nitrogen and oxygen atoms in total. The van der Waals surface area contributed by atoms with Gasteiger partial charge in [0, 0.05) is 16.8 Å². The number of aromatic nitrogens is 2. The van der Waals surface area contributed by atoms with E-state index in [0.29, 0.717) is 6.04 Å². The minimum Gasteiger partial charge on any atom is -0.333 e. The Labute approximate surface area is 122 Å². The highest BCUT2D eigenvalue weighted by Gasteiger charge is 2.12. The highest BCUT2D eigenvalue weighted by molar-refractivity contribution is 7.99. The lowest BCUT2D eigenvalue weighted by Crippen LogP contribution is -2.34. The van der Waals surface area contributed by atoms with Crippen molar-refractivity contribution in [3.63, 3.8) is 0 Å². The first-order valence-corrected chi connectivity index (χ1v) is 8.19. The number of H-pyrrole nitrogens is 1. The van der Waals surface area contributed by atoms with Gasteiger partial charge in [0.25, 0.3) is 0 Å². The van der Waals surface area contributed by atoms with E-state index in [9.17, 15) is 0 Å². The molecule has 1 saturated heterocycles. The minimum atomic E-state index is 0.695. The number of rotatable bonds is 4. The number of halogens is 1. The molecule has 1 unspecified atom stereocenters. The van der Waals surface area contributed by atoms with Crippen LogP contribution in [-0.2, 0) is 0 Å². The Hall–Kier alpha value is -0.710. The number of nitrogens with one attached hydrogen (secondary N) is 2. The van der Waals surface area contributed by atoms with E-state index in [1.54, 1.807) is 11.8 Å². The van der Waals surface area contributed by atoms with E-state index in [2.05, 4.69) is 15.3 Å². The topological polar surface area (TPSA) is 40.7 Å². The van der Waals surface area contributed by atoms with Crippen LogP contribution < -0.4 is 5.32 Å². The lowest BCUT2D eigenvalue weighted by molar-refractivity contribution is 0.394. The van der Waals surface area contributed by atoms with Gasteiger partial charge in [-0.25, -0.2) is 4.98 Å². The molecule has 1 aromatic heterocycles. The van der Waals surface area contributed by atoms with Gasteiger partial charge >= 0.3 is 0 Å². The third kappa shape index (κ3) is 3.44. The second-order valence-electron chi connectivity index (χ2n) is 4.99. The number of nitrogens with zero attached hydrogens (tertiary/aromatic N) is 1. The van der Waals surface area contributed by atoms with Gasteiger partial charge in [-0.2, -0.15) is 0 Å². The van der Waals surface area contributed by atoms with Gasteiger partial charge in [-0.3, -0.25) is 0 Å². The number of hydrogen-bond donors (Lipinski definition) is 2. The van der Waals surface area contributed by atoms with Crippen molar-refractivity contribution in [2.75, 3.05) is 12.3 Å². The predicted molar refractivity (Wildman–Crippen MR) is 82.1 cm³/mol. The summed E-state index contributed by atoms with van der Waals surface area (Å²) in [6, 6.07) is 6.46. The molecule has 0 saturated carbocycles. The minimum absolute atomic E-state index is 0.695. The highest BCUT2D eigenvalue weighted by atomic mass is 35.5. The highest BCUT2D eigenvalue weighted by Crippen LogP contribution is 2.23. The molecule has 1 aliphatic heterocycles. The fourth-order valence-corrected chi connectivity index (χ4v) is 3.61. The van der Waals surface area contributed by atoms with Crippen LogP contribution in [0.25, 0.3) is 11.0 Å². The molecule has 0 radical (unpaired) electrons. The quantitative estimate of drug-likeness (QED) is 0.842. The Morgan fingerprint density at radius 3 is 3.16 bits per heavy atom. The first kappa shape index (κ1) is 13.3. The van der Waals surface area contributed by atoms with Crippen molar-refractivity contribution in [2.24, 2.45) is 0 Å². The number of thioether (sulfide) groups is 1. The van der Waals surface area contributed by atoms with E-state index < -0.39 is 0 Å². The first-order chi connectivity index (χ1) is 9.31. The number of hydrogen-bond acceptors (Lipinski definition) is 3. The van der Waals surface area contributed by atoms with Gasteiger partial charge in [0.05, 0.1) is 11.0 Å². The summed E-state index contributed by atoms with van der Waals surface area (Å²) in [5.41, 5.74) is 2.01. The zero-order chi connectivity index (χ0) is 13.1. The standard InChI is InChI=1S/C14H18ClN3S/c15-10-4-5-12-13(9-10)18-14(17-12)19-8-6-11-3-1-2-7-16-11/h4-5,9,11,16H,1-3,6-8H2,(H,17,18). The molecule has 0 amide bonds. The Bertz CT molecular complexity index is 549. The molecule has 3 rings (SSSR count). The number of fused-ring (bicyclic) bond motifs is 1. The number of aromatic amines is 1. The maximum Gasteiger partial charge on any atom is 0.166 e. The Kier molecular flexibility index (Phi) is 4.31. The zero-order valence-corrected chi connectivity index (χ0v) is 12.4. The van der Waals surface area contributed by atoms with Crippen LogP contribution in [0.4, 0.5) is 0 Å². The maximum atomic E-state index is 5.97. The molecule has 5 heteroatoms. The van der Waals surface area contributed by atoms with Gasteiger partial charge in [0.1, 0.15) is 0 Å². The van der Waals surface area contributed by atoms with Crippen LogP contribution >= 0.6 is 23.4 Å². The van der Waals surface area contributed by atoms with Crippen LogP contribution in [0.15, 0.2) is 23.4 Å². The van der Waals surface area contributed by atoms with E-state index in [-0.39, 0.29) is 0 Å². The van der Waals surface area contributed by atoms with E-state index in [4.69, 9.17) is 11.6 Å². The summed E-state index contributed by atoms with van der Waals surface area (Å²) in [5.74, 6) is 1.10. The molecular formula is C14H18ClN3S. The Balaban J connectivity index is 1.56. The Morgan fingerprint density at radius 1 is 1.37 bits per heavy atom. The van der Waals surface area contributed by atoms with Crippen LogP contribution in [0.5, 0.6) is 0 Å². The lowest BCUT2D eigenvalue weighted by Gasteiger charge is -2.22. The van der Waals surface area contributed by atoms with Gasteiger partial charge in [0.15, 0.2) is 5.16 Å². The third-order valence-electron chi connectivity index (χ3n) is 3.54. The largest absolute Gasteiger partial charge is 0.333 e. The van der Waals surface area contributed by atoms with Crippen molar-refractivity contribution < 1.29 is 0 Å². The smallest absolute Gasteiger partial charge is 0.166 e. The van der Waals surface area contributed by atoms with Gasteiger partial charge in [-0.15, -0.1) is 0 Å². The van der Waals surface area contributed by atoms with Crippen molar-refractivity contribution in [3.05, 3.63) is 23.2 Å². The second kappa shape index (κ2) is 6.16. The molecule has 102 valence electrons. The van der Waals surface area contributed by atoms with Crippen LogP contribution in [0, 0.1) is 0 Å².